The number of aliphatic hydroxyl groups excluding tert-OH is 1. The fraction of sp³-hybridized carbons (Fsp3) is 0.286. The van der Waals surface area contributed by atoms with Gasteiger partial charge in [0.25, 0.3) is 0 Å². The quantitative estimate of drug-likeness (QED) is 0.353. The Balaban J connectivity index is 1.50. The van der Waals surface area contributed by atoms with Crippen LogP contribution in [0.1, 0.15) is 17.7 Å². The highest BCUT2D eigenvalue weighted by Gasteiger charge is 2.49. The molecule has 0 radical (unpaired) electrons. The lowest BCUT2D eigenvalue weighted by molar-refractivity contribution is -0.0786. The number of aliphatic hydroxyl groups is 1. The van der Waals surface area contributed by atoms with Crippen LogP contribution in [0.3, 0.4) is 0 Å². The van der Waals surface area contributed by atoms with Gasteiger partial charge in [0.15, 0.2) is 0 Å². The summed E-state index contributed by atoms with van der Waals surface area (Å²) in [7, 11) is 0. The molecule has 2 saturated heterocycles. The smallest absolute Gasteiger partial charge is 0.148 e. The van der Waals surface area contributed by atoms with Gasteiger partial charge in [-0.1, -0.05) is 36.4 Å². The first-order valence-electron chi connectivity index (χ1n) is 12.1. The van der Waals surface area contributed by atoms with Crippen molar-refractivity contribution in [2.75, 3.05) is 31.1 Å². The molecule has 2 aliphatic heterocycles. The Morgan fingerprint density at radius 1 is 1.27 bits per heavy atom. The number of thiazole rings is 1. The number of anilines is 1. The third-order valence-corrected chi connectivity index (χ3v) is 8.77. The molecule has 3 aromatic heterocycles. The van der Waals surface area contributed by atoms with Gasteiger partial charge in [0, 0.05) is 59.5 Å². The van der Waals surface area contributed by atoms with E-state index in [-0.39, 0.29) is 5.41 Å². The average molecular weight is 529 g/mol. The van der Waals surface area contributed by atoms with Crippen LogP contribution in [0.15, 0.2) is 54.7 Å². The molecule has 2 aliphatic rings. The highest BCUT2D eigenvalue weighted by atomic mass is 35.5. The van der Waals surface area contributed by atoms with Gasteiger partial charge >= 0.3 is 0 Å². The molecular weight excluding hydrogens is 504 g/mol. The molecule has 0 bridgehead atoms. The lowest BCUT2D eigenvalue weighted by Gasteiger charge is -2.49. The molecule has 1 unspecified atom stereocenters. The van der Waals surface area contributed by atoms with Crippen molar-refractivity contribution in [2.24, 2.45) is 5.41 Å². The minimum Gasteiger partial charge on any atom is -0.375 e. The summed E-state index contributed by atoms with van der Waals surface area (Å²) in [4.78, 5) is 19.5. The predicted molar refractivity (Wildman–Crippen MR) is 148 cm³/mol. The molecule has 4 aromatic rings. The first-order chi connectivity index (χ1) is 17.9. The summed E-state index contributed by atoms with van der Waals surface area (Å²) in [6.07, 6.45) is 3.73. The van der Waals surface area contributed by atoms with Gasteiger partial charge in [-0.3, -0.25) is 9.88 Å². The second kappa shape index (κ2) is 9.19. The summed E-state index contributed by atoms with van der Waals surface area (Å²) < 4.78 is 0. The van der Waals surface area contributed by atoms with Crippen molar-refractivity contribution in [1.29, 1.82) is 5.26 Å². The van der Waals surface area contributed by atoms with Gasteiger partial charge in [-0.15, -0.1) is 11.3 Å². The molecule has 0 saturated carbocycles. The number of likely N-dealkylation sites (tertiary alicyclic amines) is 1. The maximum Gasteiger partial charge on any atom is 0.148 e. The van der Waals surface area contributed by atoms with E-state index in [0.29, 0.717) is 33.0 Å². The number of aryl methyl sites for hydroxylation is 1. The van der Waals surface area contributed by atoms with Crippen molar-refractivity contribution in [3.63, 3.8) is 0 Å². The lowest BCUT2D eigenvalue weighted by atomic mass is 9.79. The molecule has 0 amide bonds. The molecule has 1 N–H and O–H groups in total. The zero-order valence-corrected chi connectivity index (χ0v) is 21.9. The minimum atomic E-state index is -0.625. The third kappa shape index (κ3) is 3.99. The molecule has 1 atom stereocenters. The van der Waals surface area contributed by atoms with Gasteiger partial charge in [0.1, 0.15) is 23.7 Å². The molecule has 1 spiro atoms. The van der Waals surface area contributed by atoms with Crippen LogP contribution in [0, 0.1) is 23.7 Å². The Labute approximate surface area is 224 Å². The van der Waals surface area contributed by atoms with E-state index in [1.807, 2.05) is 53.9 Å². The fourth-order valence-corrected chi connectivity index (χ4v) is 6.64. The second-order valence-corrected chi connectivity index (χ2v) is 11.1. The topological polar surface area (TPSA) is 89.2 Å². The largest absolute Gasteiger partial charge is 0.375 e. The molecule has 7 nitrogen and oxygen atoms in total. The summed E-state index contributed by atoms with van der Waals surface area (Å²) >= 11 is 8.23. The zero-order valence-electron chi connectivity index (χ0n) is 20.4. The average Bonchev–Trinajstić information content (AvgIpc) is 3.53. The van der Waals surface area contributed by atoms with E-state index in [4.69, 9.17) is 21.6 Å². The van der Waals surface area contributed by atoms with E-state index in [1.165, 1.54) is 0 Å². The molecule has 2 fully saturated rings. The van der Waals surface area contributed by atoms with Crippen molar-refractivity contribution in [1.82, 2.24) is 19.9 Å². The standard InChI is InChI=1S/C28H25ClN6OS/c1-3-23(36)35-14-28(15-35)8-9-34(13-28)27-20(11-30)24(19-6-4-5-7-21(19)29)25-22(33-27)10-18(12-31-25)26-17(2)32-16-37-26/h3-7,10,12,16,23,36H,1,8-9,13-15H2,2H3. The molecule has 6 rings (SSSR count). The van der Waals surface area contributed by atoms with Gasteiger partial charge in [-0.2, -0.15) is 5.26 Å². The van der Waals surface area contributed by atoms with E-state index < -0.39 is 6.23 Å². The first-order valence-corrected chi connectivity index (χ1v) is 13.4. The molecular formula is C28H25ClN6OS. The molecule has 37 heavy (non-hydrogen) atoms. The van der Waals surface area contributed by atoms with E-state index in [1.54, 1.807) is 17.4 Å². The van der Waals surface area contributed by atoms with E-state index in [2.05, 4.69) is 22.5 Å². The number of nitrogens with zero attached hydrogens (tertiary/aromatic N) is 6. The normalized spacial score (nSPS) is 17.6. The summed E-state index contributed by atoms with van der Waals surface area (Å²) in [5.41, 5.74) is 7.11. The Hall–Kier alpha value is -3.35. The third-order valence-electron chi connectivity index (χ3n) is 7.47. The summed E-state index contributed by atoms with van der Waals surface area (Å²) in [6.45, 7) is 8.82. The first kappa shape index (κ1) is 24.0. The van der Waals surface area contributed by atoms with E-state index >= 15 is 0 Å². The zero-order chi connectivity index (χ0) is 25.7. The maximum absolute atomic E-state index is 10.4. The lowest BCUT2D eigenvalue weighted by Crippen LogP contribution is -2.60. The number of aromatic nitrogens is 3. The molecule has 0 aliphatic carbocycles. The summed E-state index contributed by atoms with van der Waals surface area (Å²) in [5.74, 6) is 0.657. The van der Waals surface area contributed by atoms with Gasteiger partial charge in [-0.25, -0.2) is 9.97 Å². The van der Waals surface area contributed by atoms with Crippen molar-refractivity contribution in [2.45, 2.75) is 19.6 Å². The highest BCUT2D eigenvalue weighted by Crippen LogP contribution is 2.45. The van der Waals surface area contributed by atoms with E-state index in [9.17, 15) is 10.4 Å². The number of halogens is 1. The molecule has 1 aromatic carbocycles. The van der Waals surface area contributed by atoms with Crippen LogP contribution >= 0.6 is 22.9 Å². The van der Waals surface area contributed by atoms with Crippen LogP contribution < -0.4 is 4.90 Å². The van der Waals surface area contributed by atoms with Crippen LogP contribution in [0.25, 0.3) is 32.6 Å². The monoisotopic (exact) mass is 528 g/mol. The van der Waals surface area contributed by atoms with Crippen molar-refractivity contribution < 1.29 is 5.11 Å². The SMILES string of the molecule is C=CC(O)N1CC2(CCN(c3nc4cc(-c5scnc5C)cnc4c(-c4ccccc4Cl)c3C#N)C2)C1. The second-order valence-electron chi connectivity index (χ2n) is 9.86. The van der Waals surface area contributed by atoms with Gasteiger partial charge in [0.2, 0.25) is 0 Å². The van der Waals surface area contributed by atoms with Gasteiger partial charge < -0.3 is 10.0 Å². The fourth-order valence-electron chi connectivity index (χ4n) is 5.62. The van der Waals surface area contributed by atoms with Crippen LogP contribution in [0.4, 0.5) is 5.82 Å². The molecule has 9 heteroatoms. The Bertz CT molecular complexity index is 1570. The van der Waals surface area contributed by atoms with E-state index in [0.717, 1.165) is 54.3 Å². The van der Waals surface area contributed by atoms with Crippen molar-refractivity contribution in [3.05, 3.63) is 71.0 Å². The Morgan fingerprint density at radius 3 is 2.78 bits per heavy atom. The van der Waals surface area contributed by atoms with Gasteiger partial charge in [-0.05, 0) is 31.6 Å². The number of rotatable bonds is 5. The number of pyridine rings is 2. The Morgan fingerprint density at radius 2 is 2.08 bits per heavy atom. The van der Waals surface area contributed by atoms with Crippen molar-refractivity contribution in [3.8, 4) is 27.6 Å². The molecule has 5 heterocycles. The maximum atomic E-state index is 10.4. The van der Waals surface area contributed by atoms with Crippen LogP contribution in [-0.4, -0.2) is 57.4 Å². The number of fused-ring (bicyclic) bond motifs is 1. The number of benzene rings is 1. The number of nitriles is 1. The number of hydrogen-bond donors (Lipinski definition) is 1. The Kier molecular flexibility index (Phi) is 5.97. The van der Waals surface area contributed by atoms with Gasteiger partial charge in [0.05, 0.1) is 27.1 Å². The predicted octanol–water partition coefficient (Wildman–Crippen LogP) is 5.27. The van der Waals surface area contributed by atoms with Crippen LogP contribution in [0.2, 0.25) is 5.02 Å². The summed E-state index contributed by atoms with van der Waals surface area (Å²) in [5, 5.41) is 21.1. The van der Waals surface area contributed by atoms with Crippen molar-refractivity contribution >= 4 is 39.8 Å². The summed E-state index contributed by atoms with van der Waals surface area (Å²) in [6, 6.07) is 12.0. The highest BCUT2D eigenvalue weighted by molar-refractivity contribution is 7.13. The minimum absolute atomic E-state index is 0.0672. The van der Waals surface area contributed by atoms with Crippen LogP contribution in [-0.2, 0) is 0 Å². The molecule has 186 valence electrons. The van der Waals surface area contributed by atoms with Crippen LogP contribution in [0.5, 0.6) is 0 Å². The number of hydrogen-bond acceptors (Lipinski definition) is 8.